The van der Waals surface area contributed by atoms with Crippen molar-refractivity contribution in [2.75, 3.05) is 11.9 Å². The Balaban J connectivity index is 2.16. The summed E-state index contributed by atoms with van der Waals surface area (Å²) >= 11 is 6.18. The first kappa shape index (κ1) is 15.2. The number of para-hydroxylation sites is 1. The van der Waals surface area contributed by atoms with Gasteiger partial charge in [0.15, 0.2) is 0 Å². The Morgan fingerprint density at radius 1 is 1.45 bits per heavy atom. The van der Waals surface area contributed by atoms with Crippen molar-refractivity contribution in [3.63, 3.8) is 0 Å². The van der Waals surface area contributed by atoms with Crippen molar-refractivity contribution >= 4 is 23.3 Å². The Kier molecular flexibility index (Phi) is 4.92. The van der Waals surface area contributed by atoms with Crippen LogP contribution in [0.2, 0.25) is 5.02 Å². The molecule has 0 amide bonds. The number of rotatable bonds is 6. The summed E-state index contributed by atoms with van der Waals surface area (Å²) in [5.74, 6) is 0.395. The first-order valence-corrected chi connectivity index (χ1v) is 7.63. The number of carbonyl (C=O) groups is 1. The van der Waals surface area contributed by atoms with Gasteiger partial charge in [0.2, 0.25) is 0 Å². The second kappa shape index (κ2) is 6.49. The number of benzene rings is 1. The molecule has 0 saturated heterocycles. The molecule has 1 aliphatic carbocycles. The first-order valence-electron chi connectivity index (χ1n) is 7.25. The lowest BCUT2D eigenvalue weighted by atomic mass is 9.76. The molecule has 1 fully saturated rings. The third-order valence-electron chi connectivity index (χ3n) is 3.93. The Morgan fingerprint density at radius 3 is 2.70 bits per heavy atom. The molecule has 0 aliphatic heterocycles. The van der Waals surface area contributed by atoms with Gasteiger partial charge >= 0.3 is 5.97 Å². The summed E-state index contributed by atoms with van der Waals surface area (Å²) in [6.45, 7) is 4.13. The van der Waals surface area contributed by atoms with Crippen molar-refractivity contribution < 1.29 is 9.53 Å². The highest BCUT2D eigenvalue weighted by Crippen LogP contribution is 2.36. The minimum Gasteiger partial charge on any atom is -0.464 e. The van der Waals surface area contributed by atoms with E-state index in [1.807, 2.05) is 38.1 Å². The summed E-state index contributed by atoms with van der Waals surface area (Å²) in [5, 5.41) is 3.92. The topological polar surface area (TPSA) is 38.3 Å². The SMILES string of the molecule is CCOC(=O)C(C)(CC1CCC1)Nc1ccccc1Cl. The quantitative estimate of drug-likeness (QED) is 0.797. The molecule has 0 radical (unpaired) electrons. The third-order valence-corrected chi connectivity index (χ3v) is 4.26. The van der Waals surface area contributed by atoms with Crippen molar-refractivity contribution in [1.29, 1.82) is 0 Å². The van der Waals surface area contributed by atoms with Crippen LogP contribution in [0.25, 0.3) is 0 Å². The molecule has 0 heterocycles. The lowest BCUT2D eigenvalue weighted by molar-refractivity contribution is -0.148. The fourth-order valence-corrected chi connectivity index (χ4v) is 2.79. The molecule has 1 N–H and O–H groups in total. The van der Waals surface area contributed by atoms with Crippen LogP contribution in [-0.2, 0) is 9.53 Å². The van der Waals surface area contributed by atoms with Gasteiger partial charge in [0, 0.05) is 0 Å². The van der Waals surface area contributed by atoms with Gasteiger partial charge in [-0.3, -0.25) is 0 Å². The van der Waals surface area contributed by atoms with Gasteiger partial charge in [-0.2, -0.15) is 0 Å². The fourth-order valence-electron chi connectivity index (χ4n) is 2.61. The van der Waals surface area contributed by atoms with Crippen molar-refractivity contribution in [2.45, 2.75) is 45.1 Å². The molecule has 1 atom stereocenters. The van der Waals surface area contributed by atoms with Crippen LogP contribution in [0, 0.1) is 5.92 Å². The van der Waals surface area contributed by atoms with Gasteiger partial charge in [-0.25, -0.2) is 4.79 Å². The largest absolute Gasteiger partial charge is 0.464 e. The lowest BCUT2D eigenvalue weighted by Gasteiger charge is -2.36. The molecule has 1 aromatic carbocycles. The minimum atomic E-state index is -0.716. The van der Waals surface area contributed by atoms with E-state index in [0.717, 1.165) is 12.1 Å². The number of nitrogens with one attached hydrogen (secondary N) is 1. The van der Waals surface area contributed by atoms with E-state index < -0.39 is 5.54 Å². The van der Waals surface area contributed by atoms with Crippen molar-refractivity contribution in [3.05, 3.63) is 29.3 Å². The highest BCUT2D eigenvalue weighted by atomic mass is 35.5. The van der Waals surface area contributed by atoms with E-state index in [-0.39, 0.29) is 5.97 Å². The maximum atomic E-state index is 12.3. The van der Waals surface area contributed by atoms with Crippen LogP contribution < -0.4 is 5.32 Å². The zero-order valence-electron chi connectivity index (χ0n) is 12.1. The van der Waals surface area contributed by atoms with Gasteiger partial charge in [-0.1, -0.05) is 43.0 Å². The highest BCUT2D eigenvalue weighted by molar-refractivity contribution is 6.33. The molecule has 1 aliphatic rings. The molecule has 1 unspecified atom stereocenters. The number of hydrogen-bond acceptors (Lipinski definition) is 3. The second-order valence-electron chi connectivity index (χ2n) is 5.66. The molecule has 1 aromatic rings. The summed E-state index contributed by atoms with van der Waals surface area (Å²) in [6, 6.07) is 7.49. The standard InChI is InChI=1S/C16H22ClNO2/c1-3-20-15(19)16(2,11-12-7-6-8-12)18-14-10-5-4-9-13(14)17/h4-5,9-10,12,18H,3,6-8,11H2,1-2H3. The predicted molar refractivity (Wildman–Crippen MR) is 82.1 cm³/mol. The van der Waals surface area contributed by atoms with Crippen LogP contribution in [0.1, 0.15) is 39.5 Å². The van der Waals surface area contributed by atoms with Gasteiger partial charge in [0.25, 0.3) is 0 Å². The number of ether oxygens (including phenoxy) is 1. The van der Waals surface area contributed by atoms with E-state index in [2.05, 4.69) is 5.32 Å². The predicted octanol–water partition coefficient (Wildman–Crippen LogP) is 4.26. The zero-order valence-corrected chi connectivity index (χ0v) is 12.9. The van der Waals surface area contributed by atoms with Crippen molar-refractivity contribution in [2.24, 2.45) is 5.92 Å². The number of halogens is 1. The first-order chi connectivity index (χ1) is 9.55. The molecule has 0 bridgehead atoms. The minimum absolute atomic E-state index is 0.202. The molecular weight excluding hydrogens is 274 g/mol. The number of anilines is 1. The molecule has 110 valence electrons. The molecular formula is C16H22ClNO2. The second-order valence-corrected chi connectivity index (χ2v) is 6.07. The monoisotopic (exact) mass is 295 g/mol. The Hall–Kier alpha value is -1.22. The van der Waals surface area contributed by atoms with Gasteiger partial charge in [0.05, 0.1) is 17.3 Å². The van der Waals surface area contributed by atoms with Crippen LogP contribution in [-0.4, -0.2) is 18.1 Å². The van der Waals surface area contributed by atoms with Crippen LogP contribution in [0.4, 0.5) is 5.69 Å². The molecule has 2 rings (SSSR count). The lowest BCUT2D eigenvalue weighted by Crippen LogP contribution is -2.47. The van der Waals surface area contributed by atoms with Gasteiger partial charge in [-0.15, -0.1) is 0 Å². The Bertz CT molecular complexity index is 473. The molecule has 3 nitrogen and oxygen atoms in total. The third kappa shape index (κ3) is 3.45. The molecule has 1 saturated carbocycles. The van der Waals surface area contributed by atoms with Crippen LogP contribution >= 0.6 is 11.6 Å². The highest BCUT2D eigenvalue weighted by Gasteiger charge is 2.39. The van der Waals surface area contributed by atoms with E-state index in [1.54, 1.807) is 0 Å². The average Bonchev–Trinajstić information content (AvgIpc) is 2.37. The van der Waals surface area contributed by atoms with E-state index in [0.29, 0.717) is 17.5 Å². The Labute approximate surface area is 125 Å². The number of hydrogen-bond donors (Lipinski definition) is 1. The smallest absolute Gasteiger partial charge is 0.331 e. The van der Waals surface area contributed by atoms with Gasteiger partial charge in [-0.05, 0) is 38.3 Å². The molecule has 0 aromatic heterocycles. The zero-order chi connectivity index (χ0) is 14.6. The van der Waals surface area contributed by atoms with Crippen LogP contribution in [0.15, 0.2) is 24.3 Å². The van der Waals surface area contributed by atoms with Crippen LogP contribution in [0.3, 0.4) is 0 Å². The van der Waals surface area contributed by atoms with Crippen molar-refractivity contribution in [1.82, 2.24) is 0 Å². The summed E-state index contributed by atoms with van der Waals surface area (Å²) in [6.07, 6.45) is 4.44. The maximum absolute atomic E-state index is 12.3. The summed E-state index contributed by atoms with van der Waals surface area (Å²) in [5.41, 5.74) is 0.0653. The van der Waals surface area contributed by atoms with E-state index in [4.69, 9.17) is 16.3 Å². The number of esters is 1. The Morgan fingerprint density at radius 2 is 2.15 bits per heavy atom. The van der Waals surface area contributed by atoms with E-state index in [1.165, 1.54) is 19.3 Å². The van der Waals surface area contributed by atoms with Gasteiger partial charge < -0.3 is 10.1 Å². The van der Waals surface area contributed by atoms with Gasteiger partial charge in [0.1, 0.15) is 5.54 Å². The normalized spacial score (nSPS) is 17.9. The van der Waals surface area contributed by atoms with Crippen molar-refractivity contribution in [3.8, 4) is 0 Å². The summed E-state index contributed by atoms with van der Waals surface area (Å²) in [7, 11) is 0. The molecule has 20 heavy (non-hydrogen) atoms. The fraction of sp³-hybridized carbons (Fsp3) is 0.562. The van der Waals surface area contributed by atoms with E-state index in [9.17, 15) is 4.79 Å². The van der Waals surface area contributed by atoms with Crippen LogP contribution in [0.5, 0.6) is 0 Å². The summed E-state index contributed by atoms with van der Waals surface area (Å²) < 4.78 is 5.24. The molecule has 4 heteroatoms. The molecule has 0 spiro atoms. The van der Waals surface area contributed by atoms with E-state index >= 15 is 0 Å². The number of carbonyl (C=O) groups excluding carboxylic acids is 1. The summed E-state index contributed by atoms with van der Waals surface area (Å²) in [4.78, 5) is 12.3. The maximum Gasteiger partial charge on any atom is 0.331 e. The average molecular weight is 296 g/mol.